The lowest BCUT2D eigenvalue weighted by Gasteiger charge is -2.41. The maximum Gasteiger partial charge on any atom is 0.325 e. The molecule has 3 aliphatic rings. The van der Waals surface area contributed by atoms with Crippen LogP contribution in [0.4, 0.5) is 9.18 Å². The summed E-state index contributed by atoms with van der Waals surface area (Å²) >= 11 is 0. The third-order valence-electron chi connectivity index (χ3n) is 6.95. The van der Waals surface area contributed by atoms with Crippen LogP contribution in [0.5, 0.6) is 0 Å². The average molecular weight is 439 g/mol. The van der Waals surface area contributed by atoms with Crippen molar-refractivity contribution in [3.63, 3.8) is 0 Å². The minimum atomic E-state index is -1.08. The number of benzene rings is 1. The highest BCUT2D eigenvalue weighted by Crippen LogP contribution is 2.39. The number of likely N-dealkylation sites (tertiary alicyclic amines) is 1. The van der Waals surface area contributed by atoms with E-state index in [1.807, 2.05) is 0 Å². The highest BCUT2D eigenvalue weighted by Gasteiger charge is 2.56. The summed E-state index contributed by atoms with van der Waals surface area (Å²) in [5, 5.41) is 3.03. The smallest absolute Gasteiger partial charge is 0.325 e. The summed E-state index contributed by atoms with van der Waals surface area (Å²) in [7, 11) is 0. The Balaban J connectivity index is 1.38. The minimum absolute atomic E-state index is 0.131. The Bertz CT molecular complexity index is 1010. The second-order valence-electron chi connectivity index (χ2n) is 9.11. The number of hydrogen-bond donors (Lipinski definition) is 1. The van der Waals surface area contributed by atoms with E-state index < -0.39 is 5.54 Å². The van der Waals surface area contributed by atoms with Crippen molar-refractivity contribution in [1.82, 2.24) is 15.1 Å². The Morgan fingerprint density at radius 2 is 1.81 bits per heavy atom. The highest BCUT2D eigenvalue weighted by atomic mass is 19.1. The Morgan fingerprint density at radius 1 is 1.09 bits per heavy atom. The number of urea groups is 1. The molecule has 2 aromatic rings. The number of nitrogens with zero attached hydrogens (tertiary/aromatic N) is 2. The molecular formula is C24H26FN3O4. The Labute approximate surface area is 185 Å². The van der Waals surface area contributed by atoms with Crippen LogP contribution in [0.15, 0.2) is 47.1 Å². The van der Waals surface area contributed by atoms with E-state index in [9.17, 15) is 18.8 Å². The fraction of sp³-hybridized carbons (Fsp3) is 0.458. The van der Waals surface area contributed by atoms with E-state index in [1.54, 1.807) is 29.2 Å². The molecule has 1 aromatic carbocycles. The molecule has 1 saturated carbocycles. The summed E-state index contributed by atoms with van der Waals surface area (Å²) in [6, 6.07) is 9.04. The number of carbonyl (C=O) groups is 3. The summed E-state index contributed by atoms with van der Waals surface area (Å²) < 4.78 is 18.7. The lowest BCUT2D eigenvalue weighted by molar-refractivity contribution is -0.134. The molecule has 0 radical (unpaired) electrons. The largest absolute Gasteiger partial charge is 0.459 e. The van der Waals surface area contributed by atoms with Gasteiger partial charge in [0.1, 0.15) is 11.4 Å². The fourth-order valence-electron chi connectivity index (χ4n) is 4.97. The van der Waals surface area contributed by atoms with Gasteiger partial charge in [0, 0.05) is 26.1 Å². The van der Waals surface area contributed by atoms with Crippen molar-refractivity contribution in [3.05, 3.63) is 59.8 Å². The topological polar surface area (TPSA) is 82.9 Å². The number of hydrogen-bond acceptors (Lipinski definition) is 4. The van der Waals surface area contributed by atoms with Gasteiger partial charge in [0.2, 0.25) is 0 Å². The first kappa shape index (κ1) is 20.7. The molecule has 1 aromatic heterocycles. The number of rotatable bonds is 6. The van der Waals surface area contributed by atoms with Crippen LogP contribution in [0, 0.1) is 17.7 Å². The first-order chi connectivity index (χ1) is 15.5. The van der Waals surface area contributed by atoms with E-state index in [2.05, 4.69) is 5.32 Å². The van der Waals surface area contributed by atoms with Crippen molar-refractivity contribution in [2.24, 2.45) is 11.8 Å². The molecule has 0 unspecified atom stereocenters. The predicted molar refractivity (Wildman–Crippen MR) is 113 cm³/mol. The standard InChI is InChI=1S/C24H26FN3O4/c25-19-7-5-16(6-8-19)14-24(22(30)28(23(31)26-24)15-17-3-4-17)18-9-11-27(12-10-18)21(29)20-2-1-13-32-20/h1-2,5-8,13,17-18H,3-4,9-12,14-15H2,(H,26,31)/t24-/m0/s1. The zero-order chi connectivity index (χ0) is 22.3. The maximum absolute atomic E-state index is 13.6. The molecule has 1 N–H and O–H groups in total. The van der Waals surface area contributed by atoms with Crippen molar-refractivity contribution in [2.45, 2.75) is 37.6 Å². The third kappa shape index (κ3) is 3.78. The van der Waals surface area contributed by atoms with Gasteiger partial charge in [-0.1, -0.05) is 12.1 Å². The van der Waals surface area contributed by atoms with E-state index in [1.165, 1.54) is 23.3 Å². The van der Waals surface area contributed by atoms with Gasteiger partial charge in [0.15, 0.2) is 5.76 Å². The van der Waals surface area contributed by atoms with Crippen molar-refractivity contribution in [1.29, 1.82) is 0 Å². The van der Waals surface area contributed by atoms with Crippen LogP contribution >= 0.6 is 0 Å². The quantitative estimate of drug-likeness (QED) is 0.701. The van der Waals surface area contributed by atoms with Gasteiger partial charge >= 0.3 is 6.03 Å². The Hall–Kier alpha value is -3.16. The summed E-state index contributed by atoms with van der Waals surface area (Å²) in [4.78, 5) is 42.2. The fourth-order valence-corrected chi connectivity index (χ4v) is 4.97. The van der Waals surface area contributed by atoms with E-state index in [4.69, 9.17) is 4.42 Å². The monoisotopic (exact) mass is 439 g/mol. The van der Waals surface area contributed by atoms with E-state index in [0.29, 0.717) is 50.6 Å². The number of carbonyl (C=O) groups excluding carboxylic acids is 3. The predicted octanol–water partition coefficient (Wildman–Crippen LogP) is 3.21. The summed E-state index contributed by atoms with van der Waals surface area (Å²) in [5.41, 5.74) is -0.286. The Kier molecular flexibility index (Phi) is 5.23. The van der Waals surface area contributed by atoms with Crippen LogP contribution in [0.25, 0.3) is 0 Å². The van der Waals surface area contributed by atoms with Crippen LogP contribution in [0.2, 0.25) is 0 Å². The molecule has 3 heterocycles. The van der Waals surface area contributed by atoms with Crippen molar-refractivity contribution in [2.75, 3.05) is 19.6 Å². The highest BCUT2D eigenvalue weighted by molar-refractivity contribution is 6.07. The molecule has 0 spiro atoms. The van der Waals surface area contributed by atoms with Gasteiger partial charge in [0.05, 0.1) is 6.26 Å². The second-order valence-corrected chi connectivity index (χ2v) is 9.11. The normalized spacial score (nSPS) is 24.2. The number of amides is 4. The Morgan fingerprint density at radius 3 is 2.44 bits per heavy atom. The molecule has 8 heteroatoms. The summed E-state index contributed by atoms with van der Waals surface area (Å²) in [6.45, 7) is 1.40. The number of imide groups is 1. The van der Waals surface area contributed by atoms with Crippen LogP contribution in [-0.2, 0) is 11.2 Å². The lowest BCUT2D eigenvalue weighted by Crippen LogP contribution is -2.58. The van der Waals surface area contributed by atoms with Crippen molar-refractivity contribution >= 4 is 17.8 Å². The third-order valence-corrected chi connectivity index (χ3v) is 6.95. The van der Waals surface area contributed by atoms with Gasteiger partial charge < -0.3 is 14.6 Å². The molecule has 2 aliphatic heterocycles. The number of nitrogens with one attached hydrogen (secondary N) is 1. The van der Waals surface area contributed by atoms with Gasteiger partial charge in [-0.3, -0.25) is 14.5 Å². The van der Waals surface area contributed by atoms with Gasteiger partial charge in [0.25, 0.3) is 11.8 Å². The zero-order valence-electron chi connectivity index (χ0n) is 17.8. The zero-order valence-corrected chi connectivity index (χ0v) is 17.8. The first-order valence-electron chi connectivity index (χ1n) is 11.2. The molecule has 1 atom stereocenters. The SMILES string of the molecule is O=C(c1ccco1)N1CCC([C@]2(Cc3ccc(F)cc3)NC(=O)N(CC3CC3)C2=O)CC1. The number of halogens is 1. The van der Waals surface area contributed by atoms with Crippen LogP contribution in [0.3, 0.4) is 0 Å². The number of piperidine rings is 1. The summed E-state index contributed by atoms with van der Waals surface area (Å²) in [5.74, 6) is -0.157. The van der Waals surface area contributed by atoms with Crippen LogP contribution < -0.4 is 5.32 Å². The molecule has 168 valence electrons. The maximum atomic E-state index is 13.6. The lowest BCUT2D eigenvalue weighted by atomic mass is 9.74. The van der Waals surface area contributed by atoms with E-state index in [-0.39, 0.29) is 29.6 Å². The molecule has 2 saturated heterocycles. The van der Waals surface area contributed by atoms with Gasteiger partial charge in [-0.05, 0) is 67.3 Å². The van der Waals surface area contributed by atoms with Crippen molar-refractivity contribution < 1.29 is 23.2 Å². The molecule has 32 heavy (non-hydrogen) atoms. The van der Waals surface area contributed by atoms with Crippen LogP contribution in [0.1, 0.15) is 41.8 Å². The first-order valence-corrected chi connectivity index (χ1v) is 11.2. The van der Waals surface area contributed by atoms with Gasteiger partial charge in [-0.15, -0.1) is 0 Å². The van der Waals surface area contributed by atoms with Gasteiger partial charge in [-0.2, -0.15) is 0 Å². The molecule has 3 fully saturated rings. The number of furan rings is 1. The molecule has 0 bridgehead atoms. The second kappa shape index (κ2) is 8.07. The van der Waals surface area contributed by atoms with E-state index in [0.717, 1.165) is 18.4 Å². The molecule has 7 nitrogen and oxygen atoms in total. The minimum Gasteiger partial charge on any atom is -0.459 e. The van der Waals surface area contributed by atoms with Crippen molar-refractivity contribution in [3.8, 4) is 0 Å². The molecular weight excluding hydrogens is 413 g/mol. The molecule has 1 aliphatic carbocycles. The van der Waals surface area contributed by atoms with Gasteiger partial charge in [-0.25, -0.2) is 9.18 Å². The van der Waals surface area contributed by atoms with Crippen LogP contribution in [-0.4, -0.2) is 52.8 Å². The molecule has 4 amide bonds. The van der Waals surface area contributed by atoms with E-state index >= 15 is 0 Å². The summed E-state index contributed by atoms with van der Waals surface area (Å²) in [6.07, 6.45) is 5.01. The molecule has 5 rings (SSSR count). The average Bonchev–Trinajstić information content (AvgIpc) is 3.39.